The van der Waals surface area contributed by atoms with E-state index in [1.54, 1.807) is 12.1 Å². The van der Waals surface area contributed by atoms with Gasteiger partial charge in [0.15, 0.2) is 5.16 Å². The number of anilines is 1. The highest BCUT2D eigenvalue weighted by Gasteiger charge is 2.31. The van der Waals surface area contributed by atoms with Crippen LogP contribution in [0.15, 0.2) is 36.1 Å². The number of hydrogen-bond acceptors (Lipinski definition) is 5. The lowest BCUT2D eigenvalue weighted by Crippen LogP contribution is -2.23. The number of nitrogens with zero attached hydrogens (tertiary/aromatic N) is 4. The predicted octanol–water partition coefficient (Wildman–Crippen LogP) is 3.51. The molecule has 0 spiro atoms. The number of amides is 1. The Hall–Kier alpha value is -1.86. The van der Waals surface area contributed by atoms with Crippen LogP contribution in [0.3, 0.4) is 0 Å². The highest BCUT2D eigenvalue weighted by Crippen LogP contribution is 2.40. The first-order chi connectivity index (χ1) is 11.6. The average molecular weight is 364 g/mol. The average Bonchev–Trinajstić information content (AvgIpc) is 3.34. The summed E-state index contributed by atoms with van der Waals surface area (Å²) in [6.45, 7) is 6.27. The van der Waals surface area contributed by atoms with Gasteiger partial charge in [0.05, 0.1) is 10.3 Å². The van der Waals surface area contributed by atoms with Gasteiger partial charge in [-0.05, 0) is 31.9 Å². The third-order valence-corrected chi connectivity index (χ3v) is 4.93. The van der Waals surface area contributed by atoms with Crippen LogP contribution in [0, 0.1) is 0 Å². The van der Waals surface area contributed by atoms with Crippen molar-refractivity contribution < 1.29 is 4.79 Å². The number of nitrogens with one attached hydrogen (secondary N) is 1. The zero-order valence-electron chi connectivity index (χ0n) is 13.3. The summed E-state index contributed by atoms with van der Waals surface area (Å²) >= 11 is 7.18. The third-order valence-electron chi connectivity index (χ3n) is 3.63. The largest absolute Gasteiger partial charge is 0.310 e. The van der Waals surface area contributed by atoms with Crippen molar-refractivity contribution in [3.05, 3.63) is 41.8 Å². The summed E-state index contributed by atoms with van der Waals surface area (Å²) in [7, 11) is 0. The van der Waals surface area contributed by atoms with Crippen LogP contribution in [0.1, 0.15) is 31.5 Å². The number of aromatic nitrogens is 4. The standard InChI is InChI=1S/C16H18ClN5OS/c1-3-8-22-14(11-4-5-11)20-21-16(22)24-10(2)15(23)19-13-7-6-12(17)9-18-13/h3,6-7,9-11H,1,4-5,8H2,2H3,(H,18,19,23)/t10-/m1/s1. The van der Waals surface area contributed by atoms with Crippen LogP contribution in [0.5, 0.6) is 0 Å². The molecule has 126 valence electrons. The van der Waals surface area contributed by atoms with Crippen LogP contribution in [0.25, 0.3) is 0 Å². The van der Waals surface area contributed by atoms with E-state index in [1.165, 1.54) is 18.0 Å². The van der Waals surface area contributed by atoms with Gasteiger partial charge in [-0.25, -0.2) is 4.98 Å². The Morgan fingerprint density at radius 1 is 1.54 bits per heavy atom. The Kier molecular flexibility index (Phi) is 5.20. The van der Waals surface area contributed by atoms with E-state index >= 15 is 0 Å². The molecule has 2 heterocycles. The fraction of sp³-hybridized carbons (Fsp3) is 0.375. The molecule has 1 saturated carbocycles. The van der Waals surface area contributed by atoms with Crippen molar-refractivity contribution in [1.29, 1.82) is 0 Å². The van der Waals surface area contributed by atoms with Gasteiger partial charge in [0, 0.05) is 18.7 Å². The van der Waals surface area contributed by atoms with Crippen LogP contribution >= 0.6 is 23.4 Å². The number of pyridine rings is 1. The lowest BCUT2D eigenvalue weighted by atomic mass is 10.4. The molecule has 1 fully saturated rings. The smallest absolute Gasteiger partial charge is 0.238 e. The van der Waals surface area contributed by atoms with Gasteiger partial charge in [-0.15, -0.1) is 16.8 Å². The van der Waals surface area contributed by atoms with Gasteiger partial charge >= 0.3 is 0 Å². The van der Waals surface area contributed by atoms with E-state index in [1.807, 2.05) is 17.6 Å². The monoisotopic (exact) mass is 363 g/mol. The first-order valence-electron chi connectivity index (χ1n) is 7.71. The number of carbonyl (C=O) groups is 1. The maximum Gasteiger partial charge on any atom is 0.238 e. The zero-order chi connectivity index (χ0) is 17.1. The van der Waals surface area contributed by atoms with E-state index in [4.69, 9.17) is 11.6 Å². The molecule has 0 aromatic carbocycles. The van der Waals surface area contributed by atoms with E-state index in [2.05, 4.69) is 27.1 Å². The first-order valence-corrected chi connectivity index (χ1v) is 8.97. The third kappa shape index (κ3) is 3.96. The van der Waals surface area contributed by atoms with Crippen molar-refractivity contribution in [3.63, 3.8) is 0 Å². The molecule has 1 atom stereocenters. The summed E-state index contributed by atoms with van der Waals surface area (Å²) < 4.78 is 2.04. The quantitative estimate of drug-likeness (QED) is 0.602. The predicted molar refractivity (Wildman–Crippen MR) is 95.4 cm³/mol. The van der Waals surface area contributed by atoms with Gasteiger partial charge < -0.3 is 9.88 Å². The van der Waals surface area contributed by atoms with Crippen molar-refractivity contribution in [3.8, 4) is 0 Å². The lowest BCUT2D eigenvalue weighted by molar-refractivity contribution is -0.115. The van der Waals surface area contributed by atoms with Gasteiger partial charge in [-0.2, -0.15) is 0 Å². The molecule has 1 N–H and O–H groups in total. The molecule has 0 saturated heterocycles. The van der Waals surface area contributed by atoms with Crippen molar-refractivity contribution >= 4 is 35.1 Å². The summed E-state index contributed by atoms with van der Waals surface area (Å²) in [6.07, 6.45) is 5.62. The molecule has 0 radical (unpaired) electrons. The molecule has 6 nitrogen and oxygen atoms in total. The Labute approximate surface area is 149 Å². The van der Waals surface area contributed by atoms with Gasteiger partial charge in [0.2, 0.25) is 5.91 Å². The number of carbonyl (C=O) groups excluding carboxylic acids is 1. The Balaban J connectivity index is 1.67. The van der Waals surface area contributed by atoms with Crippen LogP contribution in [-0.2, 0) is 11.3 Å². The molecule has 1 aliphatic carbocycles. The van der Waals surface area contributed by atoms with Crippen molar-refractivity contribution in [2.75, 3.05) is 5.32 Å². The highest BCUT2D eigenvalue weighted by atomic mass is 35.5. The summed E-state index contributed by atoms with van der Waals surface area (Å²) in [5.74, 6) is 1.82. The summed E-state index contributed by atoms with van der Waals surface area (Å²) in [4.78, 5) is 16.4. The maximum atomic E-state index is 12.3. The van der Waals surface area contributed by atoms with Crippen molar-refractivity contribution in [1.82, 2.24) is 19.7 Å². The van der Waals surface area contributed by atoms with Crippen LogP contribution in [0.4, 0.5) is 5.82 Å². The summed E-state index contributed by atoms with van der Waals surface area (Å²) in [6, 6.07) is 3.35. The molecule has 2 aromatic heterocycles. The molecule has 1 aliphatic rings. The highest BCUT2D eigenvalue weighted by molar-refractivity contribution is 8.00. The number of allylic oxidation sites excluding steroid dienone is 1. The molecule has 1 amide bonds. The summed E-state index contributed by atoms with van der Waals surface area (Å²) in [5, 5.41) is 12.3. The number of thioether (sulfide) groups is 1. The van der Waals surface area contributed by atoms with E-state index in [-0.39, 0.29) is 11.2 Å². The Morgan fingerprint density at radius 3 is 2.96 bits per heavy atom. The number of halogens is 1. The minimum Gasteiger partial charge on any atom is -0.310 e. The van der Waals surface area contributed by atoms with E-state index in [0.717, 1.165) is 23.8 Å². The van der Waals surface area contributed by atoms with Gasteiger partial charge in [0.25, 0.3) is 0 Å². The normalized spacial score (nSPS) is 15.1. The van der Waals surface area contributed by atoms with Crippen molar-refractivity contribution in [2.45, 2.75) is 42.6 Å². The SMILES string of the molecule is C=CCn1c(S[C@H](C)C(=O)Nc2ccc(Cl)cn2)nnc1C1CC1. The van der Waals surface area contributed by atoms with Crippen LogP contribution in [0.2, 0.25) is 5.02 Å². The molecule has 3 rings (SSSR count). The van der Waals surface area contributed by atoms with Gasteiger partial charge in [-0.1, -0.05) is 29.4 Å². The Bertz CT molecular complexity index is 741. The Morgan fingerprint density at radius 2 is 2.33 bits per heavy atom. The second-order valence-electron chi connectivity index (χ2n) is 5.63. The fourth-order valence-corrected chi connectivity index (χ4v) is 3.20. The fourth-order valence-electron chi connectivity index (χ4n) is 2.22. The molecule has 2 aromatic rings. The van der Waals surface area contributed by atoms with Gasteiger partial charge in [0.1, 0.15) is 11.6 Å². The topological polar surface area (TPSA) is 72.7 Å². The molecule has 0 bridgehead atoms. The minimum absolute atomic E-state index is 0.143. The molecule has 0 unspecified atom stereocenters. The second-order valence-corrected chi connectivity index (χ2v) is 7.37. The van der Waals surface area contributed by atoms with E-state index in [0.29, 0.717) is 23.3 Å². The van der Waals surface area contributed by atoms with Gasteiger partial charge in [-0.3, -0.25) is 4.79 Å². The second kappa shape index (κ2) is 7.36. The molecule has 24 heavy (non-hydrogen) atoms. The number of hydrogen-bond donors (Lipinski definition) is 1. The van der Waals surface area contributed by atoms with E-state index in [9.17, 15) is 4.79 Å². The van der Waals surface area contributed by atoms with Crippen LogP contribution in [-0.4, -0.2) is 30.9 Å². The van der Waals surface area contributed by atoms with Crippen molar-refractivity contribution in [2.24, 2.45) is 0 Å². The summed E-state index contributed by atoms with van der Waals surface area (Å²) in [5.41, 5.74) is 0. The van der Waals surface area contributed by atoms with Crippen LogP contribution < -0.4 is 5.32 Å². The maximum absolute atomic E-state index is 12.3. The molecule has 0 aliphatic heterocycles. The molecular weight excluding hydrogens is 346 g/mol. The minimum atomic E-state index is -0.331. The molecule has 8 heteroatoms. The lowest BCUT2D eigenvalue weighted by Gasteiger charge is -2.12. The van der Waals surface area contributed by atoms with E-state index < -0.39 is 0 Å². The molecular formula is C16H18ClN5OS. The zero-order valence-corrected chi connectivity index (χ0v) is 14.8. The first kappa shape index (κ1) is 17.0. The number of rotatable bonds is 7.